The molecule has 1 aliphatic rings. The molecule has 128 valence electrons. The van der Waals surface area contributed by atoms with Crippen LogP contribution in [-0.4, -0.2) is 41.7 Å². The number of hydrogen-bond acceptors (Lipinski definition) is 4. The molecule has 1 N–H and O–H groups in total. The summed E-state index contributed by atoms with van der Waals surface area (Å²) in [6, 6.07) is 1.94. The largest absolute Gasteiger partial charge is 0.467 e. The zero-order chi connectivity index (χ0) is 17.1. The van der Waals surface area contributed by atoms with Crippen LogP contribution in [0.1, 0.15) is 12.8 Å². The number of thiazole rings is 1. The van der Waals surface area contributed by atoms with Crippen molar-refractivity contribution >= 4 is 27.6 Å². The minimum absolute atomic E-state index is 0.0954. The summed E-state index contributed by atoms with van der Waals surface area (Å²) in [6.45, 7) is 5.13. The average Bonchev–Trinajstić information content (AvgIpc) is 2.96. The van der Waals surface area contributed by atoms with E-state index in [0.717, 1.165) is 17.4 Å². The van der Waals surface area contributed by atoms with E-state index in [9.17, 15) is 13.6 Å². The molecular weight excluding hydrogens is 336 g/mol. The van der Waals surface area contributed by atoms with E-state index < -0.39 is 11.6 Å². The summed E-state index contributed by atoms with van der Waals surface area (Å²) in [4.78, 5) is 17.7. The van der Waals surface area contributed by atoms with Gasteiger partial charge in [0.1, 0.15) is 17.4 Å². The molecule has 1 aromatic heterocycles. The SMILES string of the molecule is C=CCNC(=O)N1CCC(Oc2nc3c(F)cc(F)cc3s2)CC1. The quantitative estimate of drug-likeness (QED) is 0.858. The van der Waals surface area contributed by atoms with Crippen molar-refractivity contribution in [2.75, 3.05) is 19.6 Å². The van der Waals surface area contributed by atoms with Crippen LogP contribution in [0.4, 0.5) is 13.6 Å². The third kappa shape index (κ3) is 3.64. The van der Waals surface area contributed by atoms with Crippen molar-refractivity contribution in [2.24, 2.45) is 0 Å². The number of fused-ring (bicyclic) bond motifs is 1. The van der Waals surface area contributed by atoms with Crippen LogP contribution >= 0.6 is 11.3 Å². The maximum absolute atomic E-state index is 13.7. The van der Waals surface area contributed by atoms with E-state index in [-0.39, 0.29) is 17.7 Å². The fourth-order valence-electron chi connectivity index (χ4n) is 2.58. The predicted molar refractivity (Wildman–Crippen MR) is 88.4 cm³/mol. The van der Waals surface area contributed by atoms with E-state index in [2.05, 4.69) is 16.9 Å². The summed E-state index contributed by atoms with van der Waals surface area (Å²) < 4.78 is 33.1. The number of carbonyl (C=O) groups excluding carboxylic acids is 1. The van der Waals surface area contributed by atoms with Crippen LogP contribution in [0.25, 0.3) is 10.2 Å². The minimum Gasteiger partial charge on any atom is -0.467 e. The number of carbonyl (C=O) groups is 1. The van der Waals surface area contributed by atoms with E-state index in [0.29, 0.717) is 42.4 Å². The molecular formula is C16H17F2N3O2S. The van der Waals surface area contributed by atoms with Gasteiger partial charge in [0.25, 0.3) is 5.19 Å². The Morgan fingerprint density at radius 3 is 2.92 bits per heavy atom. The van der Waals surface area contributed by atoms with Gasteiger partial charge in [-0.2, -0.15) is 4.98 Å². The first kappa shape index (κ1) is 16.6. The van der Waals surface area contributed by atoms with Crippen LogP contribution < -0.4 is 10.1 Å². The molecule has 1 aliphatic heterocycles. The van der Waals surface area contributed by atoms with Gasteiger partial charge in [-0.15, -0.1) is 6.58 Å². The lowest BCUT2D eigenvalue weighted by molar-refractivity contribution is 0.111. The summed E-state index contributed by atoms with van der Waals surface area (Å²) in [5.74, 6) is -1.32. The number of nitrogens with one attached hydrogen (secondary N) is 1. The maximum atomic E-state index is 13.7. The molecule has 0 saturated carbocycles. The van der Waals surface area contributed by atoms with Crippen LogP contribution in [-0.2, 0) is 0 Å². The van der Waals surface area contributed by atoms with E-state index in [4.69, 9.17) is 4.74 Å². The number of benzene rings is 1. The second-order valence-corrected chi connectivity index (χ2v) is 6.49. The van der Waals surface area contributed by atoms with Crippen molar-refractivity contribution in [3.8, 4) is 5.19 Å². The standard InChI is InChI=1S/C16H17F2N3O2S/c1-2-5-19-15(22)21-6-3-11(4-7-21)23-16-20-14-12(18)8-10(17)9-13(14)24-16/h2,8-9,11H,1,3-7H2,(H,19,22). The minimum atomic E-state index is -0.690. The van der Waals surface area contributed by atoms with Gasteiger partial charge >= 0.3 is 6.03 Å². The van der Waals surface area contributed by atoms with Gasteiger partial charge in [-0.1, -0.05) is 17.4 Å². The Balaban J connectivity index is 1.59. The van der Waals surface area contributed by atoms with Gasteiger partial charge in [-0.3, -0.25) is 0 Å². The monoisotopic (exact) mass is 353 g/mol. The Morgan fingerprint density at radius 1 is 1.46 bits per heavy atom. The van der Waals surface area contributed by atoms with Crippen molar-refractivity contribution < 1.29 is 18.3 Å². The Hall–Kier alpha value is -2.22. The lowest BCUT2D eigenvalue weighted by Crippen LogP contribution is -2.46. The normalized spacial score (nSPS) is 15.5. The van der Waals surface area contributed by atoms with Gasteiger partial charge in [0.15, 0.2) is 5.82 Å². The topological polar surface area (TPSA) is 54.5 Å². The first-order valence-electron chi connectivity index (χ1n) is 7.62. The second-order valence-electron chi connectivity index (χ2n) is 5.49. The molecule has 0 bridgehead atoms. The Bertz CT molecular complexity index is 757. The highest BCUT2D eigenvalue weighted by molar-refractivity contribution is 7.20. The lowest BCUT2D eigenvalue weighted by Gasteiger charge is -2.31. The molecule has 1 saturated heterocycles. The fraction of sp³-hybridized carbons (Fsp3) is 0.375. The zero-order valence-electron chi connectivity index (χ0n) is 12.9. The van der Waals surface area contributed by atoms with Gasteiger partial charge in [0.05, 0.1) is 4.70 Å². The Labute approximate surface area is 141 Å². The number of ether oxygens (including phenoxy) is 1. The number of amides is 2. The molecule has 2 heterocycles. The highest BCUT2D eigenvalue weighted by Crippen LogP contribution is 2.31. The molecule has 0 unspecified atom stereocenters. The summed E-state index contributed by atoms with van der Waals surface area (Å²) in [5.41, 5.74) is 0.123. The third-order valence-electron chi connectivity index (χ3n) is 3.79. The van der Waals surface area contributed by atoms with E-state index in [1.165, 1.54) is 6.07 Å². The molecule has 24 heavy (non-hydrogen) atoms. The molecule has 0 atom stereocenters. The van der Waals surface area contributed by atoms with Crippen LogP contribution in [0, 0.1) is 11.6 Å². The molecule has 0 spiro atoms. The average molecular weight is 353 g/mol. The number of rotatable bonds is 4. The highest BCUT2D eigenvalue weighted by Gasteiger charge is 2.24. The second kappa shape index (κ2) is 7.12. The molecule has 5 nitrogen and oxygen atoms in total. The number of hydrogen-bond donors (Lipinski definition) is 1. The van der Waals surface area contributed by atoms with Crippen LogP contribution in [0.3, 0.4) is 0 Å². The van der Waals surface area contributed by atoms with Crippen molar-refractivity contribution in [1.82, 2.24) is 15.2 Å². The molecule has 0 aliphatic carbocycles. The van der Waals surface area contributed by atoms with Crippen molar-refractivity contribution in [3.05, 3.63) is 36.4 Å². The van der Waals surface area contributed by atoms with Gasteiger partial charge in [0, 0.05) is 38.5 Å². The van der Waals surface area contributed by atoms with E-state index in [1.54, 1.807) is 11.0 Å². The molecule has 0 radical (unpaired) electrons. The molecule has 3 rings (SSSR count). The molecule has 8 heteroatoms. The highest BCUT2D eigenvalue weighted by atomic mass is 32.1. The number of halogens is 2. The number of aromatic nitrogens is 1. The predicted octanol–water partition coefficient (Wildman–Crippen LogP) is 3.31. The van der Waals surface area contributed by atoms with Crippen molar-refractivity contribution in [2.45, 2.75) is 18.9 Å². The summed E-state index contributed by atoms with van der Waals surface area (Å²) in [7, 11) is 0. The Kier molecular flexibility index (Phi) is 4.94. The van der Waals surface area contributed by atoms with Gasteiger partial charge in [-0.05, 0) is 6.07 Å². The third-order valence-corrected chi connectivity index (χ3v) is 4.68. The number of likely N-dealkylation sites (tertiary alicyclic amines) is 1. The first-order valence-corrected chi connectivity index (χ1v) is 8.44. The van der Waals surface area contributed by atoms with E-state index in [1.807, 2.05) is 0 Å². The zero-order valence-corrected chi connectivity index (χ0v) is 13.7. The molecule has 1 fully saturated rings. The van der Waals surface area contributed by atoms with E-state index >= 15 is 0 Å². The molecule has 2 amide bonds. The lowest BCUT2D eigenvalue weighted by atomic mass is 10.1. The summed E-state index contributed by atoms with van der Waals surface area (Å²) in [6.07, 6.45) is 2.85. The van der Waals surface area contributed by atoms with Gasteiger partial charge < -0.3 is 15.0 Å². The van der Waals surface area contributed by atoms with Gasteiger partial charge in [-0.25, -0.2) is 13.6 Å². The summed E-state index contributed by atoms with van der Waals surface area (Å²) in [5, 5.41) is 3.06. The molecule has 1 aromatic carbocycles. The number of urea groups is 1. The maximum Gasteiger partial charge on any atom is 0.317 e. The van der Waals surface area contributed by atoms with Crippen LogP contribution in [0.15, 0.2) is 24.8 Å². The smallest absolute Gasteiger partial charge is 0.317 e. The first-order chi connectivity index (χ1) is 11.6. The van der Waals surface area contributed by atoms with Gasteiger partial charge in [0.2, 0.25) is 0 Å². The van der Waals surface area contributed by atoms with Crippen LogP contribution in [0.5, 0.6) is 5.19 Å². The Morgan fingerprint density at radius 2 is 2.21 bits per heavy atom. The molecule has 2 aromatic rings. The van der Waals surface area contributed by atoms with Crippen LogP contribution in [0.2, 0.25) is 0 Å². The number of nitrogens with zero attached hydrogens (tertiary/aromatic N) is 2. The van der Waals surface area contributed by atoms with Crippen molar-refractivity contribution in [3.63, 3.8) is 0 Å². The number of piperidine rings is 1. The van der Waals surface area contributed by atoms with Crippen molar-refractivity contribution in [1.29, 1.82) is 0 Å². The summed E-state index contributed by atoms with van der Waals surface area (Å²) >= 11 is 1.12. The fourth-order valence-corrected chi connectivity index (χ4v) is 3.50.